The van der Waals surface area contributed by atoms with E-state index < -0.39 is 0 Å². The van der Waals surface area contributed by atoms with Gasteiger partial charge in [-0.25, -0.2) is 4.68 Å². The van der Waals surface area contributed by atoms with Crippen molar-refractivity contribution in [2.24, 2.45) is 0 Å². The number of aromatic nitrogens is 2. The molecule has 0 aliphatic heterocycles. The summed E-state index contributed by atoms with van der Waals surface area (Å²) in [5.74, 6) is 1.28. The molecule has 0 unspecified atom stereocenters. The Morgan fingerprint density at radius 2 is 2.04 bits per heavy atom. The van der Waals surface area contributed by atoms with E-state index in [4.69, 9.17) is 33.0 Å². The van der Waals surface area contributed by atoms with Crippen molar-refractivity contribution < 1.29 is 9.15 Å². The SMILES string of the molecule is COc1ccc(-c2nn(CN(C)Cc3ccc(Cl)s3)c(=S)o2)cc1. The Kier molecular flexibility index (Phi) is 5.35. The Morgan fingerprint density at radius 3 is 2.67 bits per heavy atom. The van der Waals surface area contributed by atoms with Gasteiger partial charge in [0.05, 0.1) is 18.1 Å². The Morgan fingerprint density at radius 1 is 1.29 bits per heavy atom. The predicted molar refractivity (Wildman–Crippen MR) is 98.1 cm³/mol. The fourth-order valence-corrected chi connectivity index (χ4v) is 3.57. The number of ether oxygens (including phenoxy) is 1. The van der Waals surface area contributed by atoms with Gasteiger partial charge in [-0.3, -0.25) is 4.90 Å². The van der Waals surface area contributed by atoms with E-state index in [0.717, 1.165) is 22.2 Å². The van der Waals surface area contributed by atoms with E-state index in [1.165, 1.54) is 4.88 Å². The maximum absolute atomic E-state index is 5.96. The molecule has 0 fully saturated rings. The molecule has 0 amide bonds. The number of methoxy groups -OCH3 is 1. The van der Waals surface area contributed by atoms with Crippen molar-refractivity contribution in [3.63, 3.8) is 0 Å². The molecular formula is C16H16ClN3O2S2. The van der Waals surface area contributed by atoms with Gasteiger partial charge < -0.3 is 9.15 Å². The van der Waals surface area contributed by atoms with Crippen LogP contribution in [0.3, 0.4) is 0 Å². The maximum Gasteiger partial charge on any atom is 0.288 e. The first kappa shape index (κ1) is 17.2. The van der Waals surface area contributed by atoms with Crippen LogP contribution in [-0.2, 0) is 13.2 Å². The lowest BCUT2D eigenvalue weighted by molar-refractivity contribution is 0.242. The largest absolute Gasteiger partial charge is 0.497 e. The zero-order chi connectivity index (χ0) is 17.1. The standard InChI is InChI=1S/C16H16ClN3O2S2/c1-19(9-13-7-8-14(17)24-13)10-20-16(23)22-15(18-20)11-3-5-12(21-2)6-4-11/h3-8H,9-10H2,1-2H3. The molecule has 0 atom stereocenters. The van der Waals surface area contributed by atoms with Gasteiger partial charge in [0.25, 0.3) is 4.84 Å². The van der Waals surface area contributed by atoms with Crippen LogP contribution in [0.2, 0.25) is 4.34 Å². The average Bonchev–Trinajstić information content (AvgIpc) is 3.13. The number of rotatable bonds is 6. The molecule has 3 aromatic rings. The summed E-state index contributed by atoms with van der Waals surface area (Å²) in [6.45, 7) is 1.30. The van der Waals surface area contributed by atoms with E-state index in [9.17, 15) is 0 Å². The third-order valence-electron chi connectivity index (χ3n) is 3.37. The van der Waals surface area contributed by atoms with E-state index in [-0.39, 0.29) is 0 Å². The van der Waals surface area contributed by atoms with Crippen molar-refractivity contribution in [1.29, 1.82) is 0 Å². The molecule has 24 heavy (non-hydrogen) atoms. The Balaban J connectivity index is 1.72. The fraction of sp³-hybridized carbons (Fsp3) is 0.250. The zero-order valence-electron chi connectivity index (χ0n) is 13.2. The van der Waals surface area contributed by atoms with E-state index in [1.807, 2.05) is 43.4 Å². The third kappa shape index (κ3) is 4.05. The molecule has 0 saturated heterocycles. The molecule has 8 heteroatoms. The number of hydrogen-bond donors (Lipinski definition) is 0. The Hall–Kier alpha value is -1.67. The molecule has 2 heterocycles. The predicted octanol–water partition coefficient (Wildman–Crippen LogP) is 4.69. The van der Waals surface area contributed by atoms with Gasteiger partial charge in [-0.15, -0.1) is 16.4 Å². The van der Waals surface area contributed by atoms with Crippen LogP contribution in [0.4, 0.5) is 0 Å². The summed E-state index contributed by atoms with van der Waals surface area (Å²) in [5.41, 5.74) is 0.855. The molecule has 3 rings (SSSR count). The zero-order valence-corrected chi connectivity index (χ0v) is 15.6. The van der Waals surface area contributed by atoms with Gasteiger partial charge in [0.1, 0.15) is 5.75 Å². The van der Waals surface area contributed by atoms with Gasteiger partial charge >= 0.3 is 0 Å². The van der Waals surface area contributed by atoms with Crippen LogP contribution in [0.25, 0.3) is 11.5 Å². The monoisotopic (exact) mass is 381 g/mol. The highest BCUT2D eigenvalue weighted by Crippen LogP contribution is 2.23. The highest BCUT2D eigenvalue weighted by Gasteiger charge is 2.11. The highest BCUT2D eigenvalue weighted by atomic mass is 35.5. The summed E-state index contributed by atoms with van der Waals surface area (Å²) < 4.78 is 13.2. The van der Waals surface area contributed by atoms with Crippen molar-refractivity contribution in [3.05, 3.63) is 50.4 Å². The van der Waals surface area contributed by atoms with Crippen LogP contribution in [0.1, 0.15) is 4.88 Å². The minimum absolute atomic E-state index is 0.344. The van der Waals surface area contributed by atoms with Gasteiger partial charge in [-0.05, 0) is 55.7 Å². The number of benzene rings is 1. The second kappa shape index (κ2) is 7.48. The molecule has 1 aromatic carbocycles. The van der Waals surface area contributed by atoms with Crippen LogP contribution < -0.4 is 4.74 Å². The first-order valence-corrected chi connectivity index (χ1v) is 8.80. The fourth-order valence-electron chi connectivity index (χ4n) is 2.23. The highest BCUT2D eigenvalue weighted by molar-refractivity contribution is 7.71. The van der Waals surface area contributed by atoms with Crippen molar-refractivity contribution in [2.75, 3.05) is 14.2 Å². The van der Waals surface area contributed by atoms with Gasteiger partial charge in [-0.1, -0.05) is 11.6 Å². The normalized spacial score (nSPS) is 11.2. The summed E-state index contributed by atoms with van der Waals surface area (Å²) in [4.78, 5) is 3.63. The lowest BCUT2D eigenvalue weighted by Crippen LogP contribution is -2.22. The molecule has 0 spiro atoms. The van der Waals surface area contributed by atoms with Gasteiger partial charge in [-0.2, -0.15) is 0 Å². The quantitative estimate of drug-likeness (QED) is 0.580. The van der Waals surface area contributed by atoms with Crippen molar-refractivity contribution >= 4 is 35.2 Å². The van der Waals surface area contributed by atoms with E-state index >= 15 is 0 Å². The van der Waals surface area contributed by atoms with Gasteiger partial charge in [0.15, 0.2) is 0 Å². The molecule has 0 saturated carbocycles. The molecular weight excluding hydrogens is 366 g/mol. The van der Waals surface area contributed by atoms with E-state index in [1.54, 1.807) is 23.1 Å². The third-order valence-corrected chi connectivity index (χ3v) is 4.88. The molecule has 0 aliphatic carbocycles. The molecule has 0 bridgehead atoms. The van der Waals surface area contributed by atoms with Crippen LogP contribution in [0.5, 0.6) is 5.75 Å². The maximum atomic E-state index is 5.96. The Bertz CT molecular complexity index is 870. The second-order valence-electron chi connectivity index (χ2n) is 5.26. The first-order chi connectivity index (χ1) is 11.5. The summed E-state index contributed by atoms with van der Waals surface area (Å²) in [6, 6.07) is 11.4. The second-order valence-corrected chi connectivity index (χ2v) is 7.41. The lowest BCUT2D eigenvalue weighted by Gasteiger charge is -2.14. The summed E-state index contributed by atoms with van der Waals surface area (Å²) >= 11 is 12.8. The average molecular weight is 382 g/mol. The number of thiophene rings is 1. The van der Waals surface area contributed by atoms with Crippen molar-refractivity contribution in [3.8, 4) is 17.2 Å². The minimum Gasteiger partial charge on any atom is -0.497 e. The van der Waals surface area contributed by atoms with Crippen molar-refractivity contribution in [2.45, 2.75) is 13.2 Å². The molecule has 5 nitrogen and oxygen atoms in total. The molecule has 0 radical (unpaired) electrons. The van der Waals surface area contributed by atoms with Crippen LogP contribution in [-0.4, -0.2) is 28.8 Å². The van der Waals surface area contributed by atoms with E-state index in [2.05, 4.69) is 10.00 Å². The van der Waals surface area contributed by atoms with Gasteiger partial charge in [0.2, 0.25) is 5.89 Å². The smallest absolute Gasteiger partial charge is 0.288 e. The van der Waals surface area contributed by atoms with E-state index in [0.29, 0.717) is 17.4 Å². The van der Waals surface area contributed by atoms with Crippen molar-refractivity contribution in [1.82, 2.24) is 14.7 Å². The minimum atomic E-state index is 0.344. The molecule has 2 aromatic heterocycles. The number of nitrogens with zero attached hydrogens (tertiary/aromatic N) is 3. The summed E-state index contributed by atoms with van der Waals surface area (Å²) in [7, 11) is 3.63. The summed E-state index contributed by atoms with van der Waals surface area (Å²) in [5, 5.41) is 4.46. The molecule has 0 N–H and O–H groups in total. The van der Waals surface area contributed by atoms with Gasteiger partial charge in [0, 0.05) is 17.0 Å². The van der Waals surface area contributed by atoms with Crippen LogP contribution in [0, 0.1) is 4.84 Å². The molecule has 126 valence electrons. The topological polar surface area (TPSA) is 43.4 Å². The Labute approximate surface area is 154 Å². The van der Waals surface area contributed by atoms with Crippen LogP contribution >= 0.6 is 35.2 Å². The number of halogens is 1. The molecule has 0 aliphatic rings. The lowest BCUT2D eigenvalue weighted by atomic mass is 10.2. The number of hydrogen-bond acceptors (Lipinski definition) is 6. The van der Waals surface area contributed by atoms with Crippen LogP contribution in [0.15, 0.2) is 40.8 Å². The first-order valence-electron chi connectivity index (χ1n) is 7.20. The summed E-state index contributed by atoms with van der Waals surface area (Å²) in [6.07, 6.45) is 0.